The molecule has 13 heavy (non-hydrogen) atoms. The van der Waals surface area contributed by atoms with Gasteiger partial charge in [0.15, 0.2) is 0 Å². The predicted molar refractivity (Wildman–Crippen MR) is 56.1 cm³/mol. The van der Waals surface area contributed by atoms with Crippen LogP contribution in [0.5, 0.6) is 0 Å². The lowest BCUT2D eigenvalue weighted by Gasteiger charge is -1.95. The summed E-state index contributed by atoms with van der Waals surface area (Å²) in [7, 11) is 0. The number of thiophene rings is 1. The first-order valence-electron chi connectivity index (χ1n) is 3.95. The number of aromatic nitrogens is 1. The van der Waals surface area contributed by atoms with E-state index in [1.165, 1.54) is 0 Å². The summed E-state index contributed by atoms with van der Waals surface area (Å²) in [5.41, 5.74) is 0.758. The van der Waals surface area contributed by atoms with Crippen molar-refractivity contribution in [2.75, 3.05) is 0 Å². The summed E-state index contributed by atoms with van der Waals surface area (Å²) in [4.78, 5) is 5.49. The molecule has 0 aromatic carbocycles. The maximum atomic E-state index is 9.28. The first-order valence-corrected chi connectivity index (χ1v) is 5.70. The summed E-state index contributed by atoms with van der Waals surface area (Å²) in [5, 5.41) is 14.2. The van der Waals surface area contributed by atoms with Gasteiger partial charge in [-0.3, -0.25) is 0 Å². The normalized spacial score (nSPS) is 13.1. The van der Waals surface area contributed by atoms with Crippen molar-refractivity contribution in [3.63, 3.8) is 0 Å². The molecule has 0 radical (unpaired) electrons. The van der Waals surface area contributed by atoms with Gasteiger partial charge in [-0.05, 0) is 18.4 Å². The Morgan fingerprint density at radius 3 is 2.85 bits per heavy atom. The maximum absolute atomic E-state index is 9.28. The van der Waals surface area contributed by atoms with E-state index in [4.69, 9.17) is 0 Å². The van der Waals surface area contributed by atoms with E-state index in [9.17, 15) is 5.11 Å². The minimum absolute atomic E-state index is 0.468. The van der Waals surface area contributed by atoms with Crippen LogP contribution in [0, 0.1) is 0 Å². The molecule has 0 saturated heterocycles. The number of hydrogen-bond acceptors (Lipinski definition) is 4. The first-order chi connectivity index (χ1) is 6.27. The zero-order valence-electron chi connectivity index (χ0n) is 7.10. The molecule has 2 aromatic heterocycles. The van der Waals surface area contributed by atoms with Gasteiger partial charge in [0.1, 0.15) is 5.01 Å². The molecule has 0 amide bonds. The minimum Gasteiger partial charge on any atom is -0.387 e. The fourth-order valence-electron chi connectivity index (χ4n) is 0.991. The minimum atomic E-state index is -0.468. The van der Waals surface area contributed by atoms with Crippen LogP contribution in [0.25, 0.3) is 9.88 Å². The second kappa shape index (κ2) is 3.57. The Morgan fingerprint density at radius 2 is 2.31 bits per heavy atom. The van der Waals surface area contributed by atoms with Crippen LogP contribution >= 0.6 is 22.7 Å². The first kappa shape index (κ1) is 8.87. The molecule has 2 aromatic rings. The third-order valence-electron chi connectivity index (χ3n) is 1.68. The molecule has 1 atom stereocenters. The van der Waals surface area contributed by atoms with Gasteiger partial charge in [0.25, 0.3) is 0 Å². The molecule has 68 valence electrons. The zero-order valence-corrected chi connectivity index (χ0v) is 8.73. The van der Waals surface area contributed by atoms with Crippen LogP contribution in [0.1, 0.15) is 18.7 Å². The van der Waals surface area contributed by atoms with Crippen LogP contribution in [0.3, 0.4) is 0 Å². The van der Waals surface area contributed by atoms with E-state index in [2.05, 4.69) is 4.98 Å². The molecule has 4 heteroatoms. The summed E-state index contributed by atoms with van der Waals surface area (Å²) >= 11 is 3.24. The van der Waals surface area contributed by atoms with E-state index >= 15 is 0 Å². The third kappa shape index (κ3) is 1.80. The van der Waals surface area contributed by atoms with Gasteiger partial charge in [-0.2, -0.15) is 0 Å². The lowest BCUT2D eigenvalue weighted by molar-refractivity contribution is 0.195. The summed E-state index contributed by atoms with van der Waals surface area (Å²) in [6.45, 7) is 1.73. The maximum Gasteiger partial charge on any atom is 0.133 e. The number of thiazole rings is 1. The van der Waals surface area contributed by atoms with Crippen molar-refractivity contribution >= 4 is 22.7 Å². The van der Waals surface area contributed by atoms with Gasteiger partial charge in [0.05, 0.1) is 16.7 Å². The van der Waals surface area contributed by atoms with Gasteiger partial charge in [-0.15, -0.1) is 22.7 Å². The second-order valence-corrected chi connectivity index (χ2v) is 4.54. The van der Waals surface area contributed by atoms with Gasteiger partial charge in [-0.1, -0.05) is 6.07 Å². The monoisotopic (exact) mass is 211 g/mol. The quantitative estimate of drug-likeness (QED) is 0.828. The number of aliphatic hydroxyl groups is 1. The highest BCUT2D eigenvalue weighted by Gasteiger charge is 2.08. The Bertz CT molecular complexity index is 378. The van der Waals surface area contributed by atoms with Crippen molar-refractivity contribution in [3.8, 4) is 9.88 Å². The molecule has 0 aliphatic heterocycles. The highest BCUT2D eigenvalue weighted by molar-refractivity contribution is 7.20. The molecule has 0 aliphatic carbocycles. The van der Waals surface area contributed by atoms with Crippen LogP contribution in [-0.2, 0) is 0 Å². The van der Waals surface area contributed by atoms with Crippen molar-refractivity contribution in [1.82, 2.24) is 4.98 Å². The lowest BCUT2D eigenvalue weighted by atomic mass is 10.3. The summed E-state index contributed by atoms with van der Waals surface area (Å²) in [6.07, 6.45) is -0.468. The average Bonchev–Trinajstić information content (AvgIpc) is 2.75. The number of hydrogen-bond donors (Lipinski definition) is 1. The molecule has 0 fully saturated rings. The van der Waals surface area contributed by atoms with Crippen LogP contribution in [0.15, 0.2) is 22.9 Å². The fourth-order valence-corrected chi connectivity index (χ4v) is 2.71. The molecular weight excluding hydrogens is 202 g/mol. The Kier molecular flexibility index (Phi) is 2.44. The average molecular weight is 211 g/mol. The summed E-state index contributed by atoms with van der Waals surface area (Å²) in [5.74, 6) is 0. The summed E-state index contributed by atoms with van der Waals surface area (Å²) < 4.78 is 0. The van der Waals surface area contributed by atoms with Crippen molar-refractivity contribution in [2.45, 2.75) is 13.0 Å². The third-order valence-corrected chi connectivity index (χ3v) is 3.58. The van der Waals surface area contributed by atoms with Crippen LogP contribution in [0.4, 0.5) is 0 Å². The van der Waals surface area contributed by atoms with E-state index in [0.29, 0.717) is 0 Å². The standard InChI is InChI=1S/C9H9NOS2/c1-6(11)7-5-13-9(10-7)8-3-2-4-12-8/h2-6,11H,1H3. The van der Waals surface area contributed by atoms with Crippen LogP contribution in [-0.4, -0.2) is 10.1 Å². The highest BCUT2D eigenvalue weighted by atomic mass is 32.1. The molecule has 0 spiro atoms. The van der Waals surface area contributed by atoms with E-state index in [-0.39, 0.29) is 0 Å². The van der Waals surface area contributed by atoms with Gasteiger partial charge in [-0.25, -0.2) is 4.98 Å². The largest absolute Gasteiger partial charge is 0.387 e. The fraction of sp³-hybridized carbons (Fsp3) is 0.222. The Hall–Kier alpha value is -0.710. The van der Waals surface area contributed by atoms with Gasteiger partial charge < -0.3 is 5.11 Å². The van der Waals surface area contributed by atoms with E-state index in [1.807, 2.05) is 22.9 Å². The lowest BCUT2D eigenvalue weighted by Crippen LogP contribution is -1.89. The van der Waals surface area contributed by atoms with E-state index < -0.39 is 6.10 Å². The van der Waals surface area contributed by atoms with E-state index in [0.717, 1.165) is 15.6 Å². The molecule has 2 rings (SSSR count). The van der Waals surface area contributed by atoms with Crippen molar-refractivity contribution < 1.29 is 5.11 Å². The molecule has 1 N–H and O–H groups in total. The molecule has 0 bridgehead atoms. The molecule has 2 nitrogen and oxygen atoms in total. The molecule has 1 unspecified atom stereocenters. The SMILES string of the molecule is CC(O)c1csc(-c2cccs2)n1. The Balaban J connectivity index is 2.33. The van der Waals surface area contributed by atoms with Crippen molar-refractivity contribution in [3.05, 3.63) is 28.6 Å². The van der Waals surface area contributed by atoms with Crippen molar-refractivity contribution in [1.29, 1.82) is 0 Å². The topological polar surface area (TPSA) is 33.1 Å². The van der Waals surface area contributed by atoms with Crippen molar-refractivity contribution in [2.24, 2.45) is 0 Å². The number of rotatable bonds is 2. The summed E-state index contributed by atoms with van der Waals surface area (Å²) in [6, 6.07) is 4.04. The molecule has 0 saturated carbocycles. The molecule has 0 aliphatic rings. The van der Waals surface area contributed by atoms with Gasteiger partial charge in [0.2, 0.25) is 0 Å². The zero-order chi connectivity index (χ0) is 9.26. The number of aliphatic hydroxyl groups excluding tert-OH is 1. The van der Waals surface area contributed by atoms with Crippen LogP contribution in [0.2, 0.25) is 0 Å². The van der Waals surface area contributed by atoms with Gasteiger partial charge >= 0.3 is 0 Å². The molecule has 2 heterocycles. The predicted octanol–water partition coefficient (Wildman–Crippen LogP) is 2.92. The Morgan fingerprint density at radius 1 is 1.46 bits per heavy atom. The highest BCUT2D eigenvalue weighted by Crippen LogP contribution is 2.29. The Labute approximate surface area is 84.5 Å². The molecular formula is C9H9NOS2. The van der Waals surface area contributed by atoms with E-state index in [1.54, 1.807) is 29.6 Å². The smallest absolute Gasteiger partial charge is 0.133 e. The van der Waals surface area contributed by atoms with Gasteiger partial charge in [0, 0.05) is 5.38 Å². The van der Waals surface area contributed by atoms with Crippen LogP contribution < -0.4 is 0 Å². The second-order valence-electron chi connectivity index (χ2n) is 2.73. The number of nitrogens with zero attached hydrogens (tertiary/aromatic N) is 1.